The zero-order chi connectivity index (χ0) is 12.1. The average molecular weight is 229 g/mol. The molecule has 0 aliphatic carbocycles. The maximum atomic E-state index is 11.1. The molecule has 0 aliphatic heterocycles. The van der Waals surface area contributed by atoms with Crippen molar-refractivity contribution < 1.29 is 0 Å². The summed E-state index contributed by atoms with van der Waals surface area (Å²) in [6.45, 7) is 0. The van der Waals surface area contributed by atoms with E-state index in [2.05, 4.69) is 9.97 Å². The summed E-state index contributed by atoms with van der Waals surface area (Å²) in [5.41, 5.74) is 8.39. The molecule has 17 heavy (non-hydrogen) atoms. The van der Waals surface area contributed by atoms with Crippen LogP contribution in [0.4, 0.5) is 5.69 Å². The summed E-state index contributed by atoms with van der Waals surface area (Å²) in [6, 6.07) is 9.41. The minimum atomic E-state index is -0.0949. The molecule has 0 radical (unpaired) electrons. The number of aryl methyl sites for hydroxylation is 2. The first-order valence-corrected chi connectivity index (χ1v) is 5.62. The zero-order valence-corrected chi connectivity index (χ0v) is 9.52. The van der Waals surface area contributed by atoms with Crippen molar-refractivity contribution in [2.24, 2.45) is 0 Å². The van der Waals surface area contributed by atoms with Crippen molar-refractivity contribution in [2.45, 2.75) is 19.3 Å². The van der Waals surface area contributed by atoms with Gasteiger partial charge in [0.1, 0.15) is 0 Å². The number of nitrogens with zero attached hydrogens (tertiary/aromatic N) is 1. The second kappa shape index (κ2) is 5.30. The lowest BCUT2D eigenvalue weighted by Gasteiger charge is -2.02. The van der Waals surface area contributed by atoms with E-state index in [9.17, 15) is 4.79 Å². The highest BCUT2D eigenvalue weighted by molar-refractivity contribution is 5.39. The van der Waals surface area contributed by atoms with Gasteiger partial charge in [0, 0.05) is 17.4 Å². The maximum Gasteiger partial charge on any atom is 0.250 e. The van der Waals surface area contributed by atoms with Crippen molar-refractivity contribution in [3.63, 3.8) is 0 Å². The van der Waals surface area contributed by atoms with Crippen LogP contribution in [-0.2, 0) is 12.8 Å². The summed E-state index contributed by atoms with van der Waals surface area (Å²) in [5.74, 6) is 0. The fourth-order valence-corrected chi connectivity index (χ4v) is 1.70. The number of hydrogen-bond acceptors (Lipinski definition) is 3. The summed E-state index contributed by atoms with van der Waals surface area (Å²) in [4.78, 5) is 17.7. The maximum absolute atomic E-state index is 11.1. The number of anilines is 1. The first kappa shape index (κ1) is 11.4. The highest BCUT2D eigenvalue weighted by Gasteiger charge is 1.97. The normalized spacial score (nSPS) is 10.4. The lowest BCUT2D eigenvalue weighted by Crippen LogP contribution is -2.06. The van der Waals surface area contributed by atoms with Crippen molar-refractivity contribution in [3.8, 4) is 0 Å². The molecule has 0 spiro atoms. The fourth-order valence-electron chi connectivity index (χ4n) is 1.70. The Bertz CT molecular complexity index is 531. The second-order valence-corrected chi connectivity index (χ2v) is 4.00. The topological polar surface area (TPSA) is 71.8 Å². The molecule has 3 N–H and O–H groups in total. The van der Waals surface area contributed by atoms with Gasteiger partial charge < -0.3 is 10.7 Å². The van der Waals surface area contributed by atoms with Gasteiger partial charge in [-0.15, -0.1) is 0 Å². The van der Waals surface area contributed by atoms with Crippen LogP contribution in [0.25, 0.3) is 0 Å². The van der Waals surface area contributed by atoms with Gasteiger partial charge in [0.15, 0.2) is 0 Å². The minimum Gasteiger partial charge on any atom is -0.399 e. The van der Waals surface area contributed by atoms with Gasteiger partial charge in [0.05, 0.1) is 6.33 Å². The average Bonchev–Trinajstić information content (AvgIpc) is 2.32. The highest BCUT2D eigenvalue weighted by Crippen LogP contribution is 2.09. The molecule has 1 aromatic carbocycles. The molecule has 0 unspecified atom stereocenters. The van der Waals surface area contributed by atoms with Gasteiger partial charge in [-0.1, -0.05) is 12.1 Å². The zero-order valence-electron chi connectivity index (χ0n) is 9.52. The summed E-state index contributed by atoms with van der Waals surface area (Å²) < 4.78 is 0. The molecule has 0 aliphatic rings. The second-order valence-electron chi connectivity index (χ2n) is 4.00. The summed E-state index contributed by atoms with van der Waals surface area (Å²) in [7, 11) is 0. The van der Waals surface area contributed by atoms with Crippen LogP contribution in [0.2, 0.25) is 0 Å². The van der Waals surface area contributed by atoms with Crippen molar-refractivity contribution in [2.75, 3.05) is 5.73 Å². The SMILES string of the molecule is Nc1ccc(CCCc2cc(=O)[nH]cn2)cc1. The predicted molar refractivity (Wildman–Crippen MR) is 67.7 cm³/mol. The van der Waals surface area contributed by atoms with Crippen LogP contribution in [0.3, 0.4) is 0 Å². The smallest absolute Gasteiger partial charge is 0.250 e. The largest absolute Gasteiger partial charge is 0.399 e. The number of nitrogens with two attached hydrogens (primary N) is 1. The van der Waals surface area contributed by atoms with E-state index < -0.39 is 0 Å². The molecule has 0 atom stereocenters. The molecule has 0 saturated heterocycles. The highest BCUT2D eigenvalue weighted by atomic mass is 16.1. The molecule has 4 heteroatoms. The lowest BCUT2D eigenvalue weighted by atomic mass is 10.1. The summed E-state index contributed by atoms with van der Waals surface area (Å²) in [5, 5.41) is 0. The van der Waals surface area contributed by atoms with E-state index in [0.29, 0.717) is 0 Å². The van der Waals surface area contributed by atoms with Crippen LogP contribution in [0, 0.1) is 0 Å². The Balaban J connectivity index is 1.87. The van der Waals surface area contributed by atoms with Crippen molar-refractivity contribution >= 4 is 5.69 Å². The van der Waals surface area contributed by atoms with E-state index in [0.717, 1.165) is 30.6 Å². The van der Waals surface area contributed by atoms with Gasteiger partial charge in [-0.3, -0.25) is 4.79 Å². The Hall–Kier alpha value is -2.10. The number of rotatable bonds is 4. The fraction of sp³-hybridized carbons (Fsp3) is 0.231. The van der Waals surface area contributed by atoms with Crippen LogP contribution in [0.15, 0.2) is 41.5 Å². The van der Waals surface area contributed by atoms with Gasteiger partial charge in [0.2, 0.25) is 0 Å². The molecule has 1 heterocycles. The van der Waals surface area contributed by atoms with Crippen LogP contribution in [0.5, 0.6) is 0 Å². The Morgan fingerprint density at radius 2 is 1.94 bits per heavy atom. The van der Waals surface area contributed by atoms with E-state index in [1.165, 1.54) is 11.9 Å². The molecule has 88 valence electrons. The number of nitrogen functional groups attached to an aromatic ring is 1. The summed E-state index contributed by atoms with van der Waals surface area (Å²) >= 11 is 0. The number of nitrogens with one attached hydrogen (secondary N) is 1. The number of aromatic amines is 1. The number of aromatic nitrogens is 2. The summed E-state index contributed by atoms with van der Waals surface area (Å²) in [6.07, 6.45) is 4.20. The molecule has 0 amide bonds. The standard InChI is InChI=1S/C13H15N3O/c14-11-6-4-10(5-7-11)2-1-3-12-8-13(17)16-9-15-12/h4-9H,1-3,14H2,(H,15,16,17). The monoisotopic (exact) mass is 229 g/mol. The molecule has 2 rings (SSSR count). The van der Waals surface area contributed by atoms with Gasteiger partial charge in [-0.05, 0) is 37.0 Å². The molecule has 1 aromatic heterocycles. The molecule has 0 bridgehead atoms. The number of benzene rings is 1. The van der Waals surface area contributed by atoms with Gasteiger partial charge >= 0.3 is 0 Å². The quantitative estimate of drug-likeness (QED) is 0.781. The van der Waals surface area contributed by atoms with Crippen molar-refractivity contribution in [1.29, 1.82) is 0 Å². The predicted octanol–water partition coefficient (Wildman–Crippen LogP) is 1.53. The Labute approximate surface area is 99.5 Å². The molecule has 0 fully saturated rings. The van der Waals surface area contributed by atoms with Crippen LogP contribution < -0.4 is 11.3 Å². The van der Waals surface area contributed by atoms with Gasteiger partial charge in [-0.2, -0.15) is 0 Å². The van der Waals surface area contributed by atoms with Crippen molar-refractivity contribution in [1.82, 2.24) is 9.97 Å². The molecule has 0 saturated carbocycles. The number of H-pyrrole nitrogens is 1. The molecule has 4 nitrogen and oxygen atoms in total. The van der Waals surface area contributed by atoms with E-state index in [1.807, 2.05) is 24.3 Å². The van der Waals surface area contributed by atoms with Crippen LogP contribution >= 0.6 is 0 Å². The van der Waals surface area contributed by atoms with Crippen LogP contribution in [-0.4, -0.2) is 9.97 Å². The van der Waals surface area contributed by atoms with Gasteiger partial charge in [-0.25, -0.2) is 4.98 Å². The first-order chi connectivity index (χ1) is 8.24. The van der Waals surface area contributed by atoms with Crippen LogP contribution in [0.1, 0.15) is 17.7 Å². The Kier molecular flexibility index (Phi) is 3.55. The van der Waals surface area contributed by atoms with Gasteiger partial charge in [0.25, 0.3) is 5.56 Å². The van der Waals surface area contributed by atoms with E-state index in [4.69, 9.17) is 5.73 Å². The van der Waals surface area contributed by atoms with Crippen molar-refractivity contribution in [3.05, 3.63) is 58.3 Å². The third kappa shape index (κ3) is 3.45. The lowest BCUT2D eigenvalue weighted by molar-refractivity contribution is 0.792. The minimum absolute atomic E-state index is 0.0949. The number of hydrogen-bond donors (Lipinski definition) is 2. The Morgan fingerprint density at radius 1 is 1.18 bits per heavy atom. The molecular weight excluding hydrogens is 214 g/mol. The van der Waals surface area contributed by atoms with E-state index in [-0.39, 0.29) is 5.56 Å². The van der Waals surface area contributed by atoms with E-state index >= 15 is 0 Å². The first-order valence-electron chi connectivity index (χ1n) is 5.62. The Morgan fingerprint density at radius 3 is 2.65 bits per heavy atom. The third-order valence-electron chi connectivity index (χ3n) is 2.61. The molecular formula is C13H15N3O. The molecule has 2 aromatic rings. The third-order valence-corrected chi connectivity index (χ3v) is 2.61. The van der Waals surface area contributed by atoms with E-state index in [1.54, 1.807) is 6.07 Å².